The van der Waals surface area contributed by atoms with E-state index in [1.54, 1.807) is 19.2 Å². The van der Waals surface area contributed by atoms with Crippen molar-refractivity contribution >= 4 is 18.0 Å². The minimum absolute atomic E-state index is 0.446. The number of carbonyl (C=O) groups excluding carboxylic acids is 3. The Bertz CT molecular complexity index is 261. The van der Waals surface area contributed by atoms with E-state index in [0.717, 1.165) is 0 Å². The maximum atomic E-state index is 11.4. The number of nitrogens with two attached hydrogens (primary N) is 1. The summed E-state index contributed by atoms with van der Waals surface area (Å²) < 4.78 is 0. The Hall–Kier alpha value is -1.59. The van der Waals surface area contributed by atoms with Gasteiger partial charge < -0.3 is 5.73 Å². The molecule has 0 unspecified atom stereocenters. The molecule has 0 atom stereocenters. The Morgan fingerprint density at radius 3 is 2.07 bits per heavy atom. The van der Waals surface area contributed by atoms with Crippen molar-refractivity contribution in [2.45, 2.75) is 27.2 Å². The zero-order chi connectivity index (χ0) is 11.4. The molecule has 0 aliphatic rings. The minimum atomic E-state index is -0.996. The zero-order valence-corrected chi connectivity index (χ0v) is 8.51. The molecule has 0 aliphatic heterocycles. The van der Waals surface area contributed by atoms with Gasteiger partial charge in [-0.1, -0.05) is 20.8 Å². The van der Waals surface area contributed by atoms with E-state index in [1.165, 1.54) is 0 Å². The first-order chi connectivity index (χ1) is 6.29. The predicted octanol–water partition coefficient (Wildman–Crippen LogP) is 0.327. The number of carbonyl (C=O) groups is 3. The van der Waals surface area contributed by atoms with E-state index in [-0.39, 0.29) is 0 Å². The quantitative estimate of drug-likeness (QED) is 0.599. The second kappa shape index (κ2) is 4.59. The van der Waals surface area contributed by atoms with Crippen LogP contribution in [0.1, 0.15) is 27.2 Å². The van der Waals surface area contributed by atoms with Gasteiger partial charge in [-0.3, -0.25) is 15.4 Å². The van der Waals surface area contributed by atoms with Crippen molar-refractivity contribution < 1.29 is 14.4 Å². The van der Waals surface area contributed by atoms with Crippen LogP contribution in [0.25, 0.3) is 0 Å². The first kappa shape index (κ1) is 12.4. The highest BCUT2D eigenvalue weighted by atomic mass is 16.2. The fourth-order valence-corrected chi connectivity index (χ4v) is 0.576. The number of primary amides is 1. The van der Waals surface area contributed by atoms with Gasteiger partial charge in [0.25, 0.3) is 0 Å². The first-order valence-corrected chi connectivity index (χ1v) is 4.21. The van der Waals surface area contributed by atoms with Gasteiger partial charge in [-0.15, -0.1) is 0 Å². The molecular weight excluding hydrogens is 186 g/mol. The maximum absolute atomic E-state index is 11.4. The molecule has 0 aromatic heterocycles. The molecule has 0 saturated heterocycles. The molecule has 0 bridgehead atoms. The highest BCUT2D eigenvalue weighted by molar-refractivity contribution is 6.02. The third-order valence-corrected chi connectivity index (χ3v) is 1.96. The van der Waals surface area contributed by atoms with Crippen molar-refractivity contribution in [3.05, 3.63) is 0 Å². The van der Waals surface area contributed by atoms with Crippen LogP contribution in [0.15, 0.2) is 0 Å². The van der Waals surface area contributed by atoms with E-state index in [2.05, 4.69) is 5.73 Å². The van der Waals surface area contributed by atoms with Crippen LogP contribution in [-0.2, 0) is 4.79 Å². The summed E-state index contributed by atoms with van der Waals surface area (Å²) in [6.45, 7) is 5.21. The van der Waals surface area contributed by atoms with Crippen LogP contribution in [0.4, 0.5) is 9.59 Å². The van der Waals surface area contributed by atoms with E-state index in [9.17, 15) is 14.4 Å². The molecule has 14 heavy (non-hydrogen) atoms. The van der Waals surface area contributed by atoms with Gasteiger partial charge in [0, 0.05) is 5.41 Å². The largest absolute Gasteiger partial charge is 0.351 e. The molecule has 0 aliphatic carbocycles. The van der Waals surface area contributed by atoms with Gasteiger partial charge in [-0.2, -0.15) is 0 Å². The van der Waals surface area contributed by atoms with Gasteiger partial charge in [0.15, 0.2) is 0 Å². The normalized spacial score (nSPS) is 10.5. The number of amides is 5. The molecule has 6 heteroatoms. The summed E-state index contributed by atoms with van der Waals surface area (Å²) in [6, 6.07) is -1.89. The number of urea groups is 2. The third kappa shape index (κ3) is 3.88. The highest BCUT2D eigenvalue weighted by Crippen LogP contribution is 2.18. The second-order valence-electron chi connectivity index (χ2n) is 3.51. The molecule has 0 aromatic carbocycles. The molecule has 0 spiro atoms. The van der Waals surface area contributed by atoms with Crippen LogP contribution in [0.2, 0.25) is 0 Å². The standard InChI is InChI=1S/C8H15N3O3/c1-4-8(2,3)5(12)10-7(14)11-6(9)13/h4H2,1-3H3,(H4,9,10,11,12,13,14). The molecule has 0 saturated carbocycles. The molecule has 6 nitrogen and oxygen atoms in total. The molecular formula is C8H15N3O3. The van der Waals surface area contributed by atoms with Crippen molar-refractivity contribution in [1.29, 1.82) is 0 Å². The van der Waals surface area contributed by atoms with Crippen LogP contribution in [0, 0.1) is 5.41 Å². The Morgan fingerprint density at radius 1 is 1.21 bits per heavy atom. The summed E-state index contributed by atoms with van der Waals surface area (Å²) in [5, 5.41) is 3.75. The molecule has 0 radical (unpaired) electrons. The molecule has 0 rings (SSSR count). The zero-order valence-electron chi connectivity index (χ0n) is 8.51. The Balaban J connectivity index is 4.20. The van der Waals surface area contributed by atoms with Gasteiger partial charge in [0.2, 0.25) is 5.91 Å². The fraction of sp³-hybridized carbons (Fsp3) is 0.625. The Kier molecular flexibility index (Phi) is 4.07. The molecule has 0 heterocycles. The summed E-state index contributed by atoms with van der Waals surface area (Å²) in [5.41, 5.74) is 4.04. The average molecular weight is 201 g/mol. The summed E-state index contributed by atoms with van der Waals surface area (Å²) in [7, 11) is 0. The monoisotopic (exact) mass is 201 g/mol. The van der Waals surface area contributed by atoms with Gasteiger partial charge in [0.05, 0.1) is 0 Å². The van der Waals surface area contributed by atoms with Gasteiger partial charge >= 0.3 is 12.1 Å². The van der Waals surface area contributed by atoms with E-state index in [0.29, 0.717) is 6.42 Å². The summed E-state index contributed by atoms with van der Waals surface area (Å²) >= 11 is 0. The van der Waals surface area contributed by atoms with E-state index < -0.39 is 23.4 Å². The molecule has 80 valence electrons. The van der Waals surface area contributed by atoms with Crippen LogP contribution < -0.4 is 16.4 Å². The second-order valence-corrected chi connectivity index (χ2v) is 3.51. The van der Waals surface area contributed by atoms with E-state index >= 15 is 0 Å². The average Bonchev–Trinajstić information content (AvgIpc) is 2.02. The predicted molar refractivity (Wildman–Crippen MR) is 50.3 cm³/mol. The molecule has 0 fully saturated rings. The topological polar surface area (TPSA) is 101 Å². The lowest BCUT2D eigenvalue weighted by atomic mass is 9.89. The van der Waals surface area contributed by atoms with Crippen molar-refractivity contribution in [2.75, 3.05) is 0 Å². The summed E-state index contributed by atoms with van der Waals surface area (Å²) in [4.78, 5) is 32.5. The molecule has 4 N–H and O–H groups in total. The van der Waals surface area contributed by atoms with Gasteiger partial charge in [0.1, 0.15) is 0 Å². The molecule has 0 aromatic rings. The minimum Gasteiger partial charge on any atom is -0.351 e. The summed E-state index contributed by atoms with van der Waals surface area (Å²) in [5.74, 6) is -0.446. The van der Waals surface area contributed by atoms with Crippen molar-refractivity contribution in [2.24, 2.45) is 11.1 Å². The van der Waals surface area contributed by atoms with Crippen molar-refractivity contribution in [1.82, 2.24) is 10.6 Å². The number of hydrogen-bond acceptors (Lipinski definition) is 3. The lowest BCUT2D eigenvalue weighted by Crippen LogP contribution is -2.48. The summed E-state index contributed by atoms with van der Waals surface area (Å²) in [6.07, 6.45) is 0.586. The first-order valence-electron chi connectivity index (χ1n) is 4.21. The van der Waals surface area contributed by atoms with Crippen LogP contribution in [0.3, 0.4) is 0 Å². The van der Waals surface area contributed by atoms with E-state index in [4.69, 9.17) is 0 Å². The number of nitrogens with one attached hydrogen (secondary N) is 2. The Morgan fingerprint density at radius 2 is 1.71 bits per heavy atom. The van der Waals surface area contributed by atoms with Crippen molar-refractivity contribution in [3.63, 3.8) is 0 Å². The smallest absolute Gasteiger partial charge is 0.329 e. The Labute approximate surface area is 82.2 Å². The lowest BCUT2D eigenvalue weighted by Gasteiger charge is -2.20. The maximum Gasteiger partial charge on any atom is 0.329 e. The number of rotatable bonds is 2. The van der Waals surface area contributed by atoms with Gasteiger partial charge in [-0.25, -0.2) is 9.59 Å². The van der Waals surface area contributed by atoms with Crippen molar-refractivity contribution in [3.8, 4) is 0 Å². The fourth-order valence-electron chi connectivity index (χ4n) is 0.576. The number of hydrogen-bond donors (Lipinski definition) is 3. The van der Waals surface area contributed by atoms with E-state index in [1.807, 2.05) is 12.2 Å². The van der Waals surface area contributed by atoms with Crippen LogP contribution >= 0.6 is 0 Å². The lowest BCUT2D eigenvalue weighted by molar-refractivity contribution is -0.128. The number of imide groups is 2. The highest BCUT2D eigenvalue weighted by Gasteiger charge is 2.26. The van der Waals surface area contributed by atoms with Crippen LogP contribution in [-0.4, -0.2) is 18.0 Å². The van der Waals surface area contributed by atoms with Gasteiger partial charge in [-0.05, 0) is 6.42 Å². The van der Waals surface area contributed by atoms with Crippen LogP contribution in [0.5, 0.6) is 0 Å². The SMILES string of the molecule is CCC(C)(C)C(=O)NC(=O)NC(N)=O. The third-order valence-electron chi connectivity index (χ3n) is 1.96. The molecule has 5 amide bonds.